The molecule has 0 bridgehead atoms. The molecule has 0 amide bonds. The van der Waals surface area contributed by atoms with Gasteiger partial charge in [-0.3, -0.25) is 4.98 Å². The molecular formula is C13H13N. The van der Waals surface area contributed by atoms with Crippen molar-refractivity contribution in [3.05, 3.63) is 65.5 Å². The molecule has 2 aromatic rings. The van der Waals surface area contributed by atoms with E-state index in [-0.39, 0.29) is 0 Å². The Morgan fingerprint density at radius 1 is 1.07 bits per heavy atom. The SMILES string of the molecule is Cc1ccnc(Cc2ccccc2)c1. The average molecular weight is 183 g/mol. The van der Waals surface area contributed by atoms with E-state index in [4.69, 9.17) is 0 Å². The van der Waals surface area contributed by atoms with Crippen LogP contribution in [0.15, 0.2) is 48.7 Å². The van der Waals surface area contributed by atoms with Crippen LogP contribution in [-0.4, -0.2) is 4.98 Å². The number of hydrogen-bond acceptors (Lipinski definition) is 1. The Morgan fingerprint density at radius 2 is 1.86 bits per heavy atom. The van der Waals surface area contributed by atoms with Gasteiger partial charge in [-0.2, -0.15) is 0 Å². The van der Waals surface area contributed by atoms with Crippen LogP contribution in [-0.2, 0) is 6.42 Å². The lowest BCUT2D eigenvalue weighted by Crippen LogP contribution is -1.91. The second kappa shape index (κ2) is 4.05. The molecule has 0 radical (unpaired) electrons. The van der Waals surface area contributed by atoms with Gasteiger partial charge in [0.25, 0.3) is 0 Å². The monoisotopic (exact) mass is 183 g/mol. The summed E-state index contributed by atoms with van der Waals surface area (Å²) in [4.78, 5) is 4.33. The van der Waals surface area contributed by atoms with Crippen LogP contribution in [0.4, 0.5) is 0 Å². The Balaban J connectivity index is 2.19. The summed E-state index contributed by atoms with van der Waals surface area (Å²) in [7, 11) is 0. The third-order valence-electron chi connectivity index (χ3n) is 2.20. The number of hydrogen-bond donors (Lipinski definition) is 0. The van der Waals surface area contributed by atoms with Crippen molar-refractivity contribution in [2.75, 3.05) is 0 Å². The highest BCUT2D eigenvalue weighted by molar-refractivity contribution is 5.23. The van der Waals surface area contributed by atoms with Crippen molar-refractivity contribution in [2.24, 2.45) is 0 Å². The standard InChI is InChI=1S/C13H13N/c1-11-7-8-14-13(9-11)10-12-5-3-2-4-6-12/h2-9H,10H2,1H3. The Hall–Kier alpha value is -1.63. The quantitative estimate of drug-likeness (QED) is 0.697. The molecule has 1 heteroatoms. The molecule has 0 N–H and O–H groups in total. The van der Waals surface area contributed by atoms with Gasteiger partial charge in [0.05, 0.1) is 0 Å². The lowest BCUT2D eigenvalue weighted by atomic mass is 10.1. The van der Waals surface area contributed by atoms with Gasteiger partial charge in [0.2, 0.25) is 0 Å². The second-order valence-corrected chi connectivity index (χ2v) is 3.49. The minimum absolute atomic E-state index is 0.919. The van der Waals surface area contributed by atoms with Crippen LogP contribution in [0.2, 0.25) is 0 Å². The van der Waals surface area contributed by atoms with E-state index < -0.39 is 0 Å². The molecule has 1 aromatic carbocycles. The van der Waals surface area contributed by atoms with E-state index in [2.05, 4.69) is 42.2 Å². The van der Waals surface area contributed by atoms with Crippen LogP contribution >= 0.6 is 0 Å². The third kappa shape index (κ3) is 2.19. The summed E-state index contributed by atoms with van der Waals surface area (Å²) in [5.74, 6) is 0. The Bertz CT molecular complexity index is 407. The molecule has 0 unspecified atom stereocenters. The molecule has 0 spiro atoms. The summed E-state index contributed by atoms with van der Waals surface area (Å²) in [6, 6.07) is 14.6. The van der Waals surface area contributed by atoms with Crippen molar-refractivity contribution in [1.82, 2.24) is 4.98 Å². The Kier molecular flexibility index (Phi) is 2.59. The molecule has 1 aromatic heterocycles. The van der Waals surface area contributed by atoms with Gasteiger partial charge < -0.3 is 0 Å². The van der Waals surface area contributed by atoms with Crippen LogP contribution < -0.4 is 0 Å². The van der Waals surface area contributed by atoms with Crippen molar-refractivity contribution in [1.29, 1.82) is 0 Å². The van der Waals surface area contributed by atoms with Crippen molar-refractivity contribution in [2.45, 2.75) is 13.3 Å². The van der Waals surface area contributed by atoms with Crippen molar-refractivity contribution in [3.8, 4) is 0 Å². The van der Waals surface area contributed by atoms with E-state index >= 15 is 0 Å². The van der Waals surface area contributed by atoms with Crippen molar-refractivity contribution in [3.63, 3.8) is 0 Å². The predicted molar refractivity (Wildman–Crippen MR) is 58.2 cm³/mol. The number of rotatable bonds is 2. The third-order valence-corrected chi connectivity index (χ3v) is 2.20. The lowest BCUT2D eigenvalue weighted by Gasteiger charge is -2.01. The summed E-state index contributed by atoms with van der Waals surface area (Å²) in [5.41, 5.74) is 3.72. The number of benzene rings is 1. The minimum atomic E-state index is 0.919. The fourth-order valence-electron chi connectivity index (χ4n) is 1.50. The summed E-state index contributed by atoms with van der Waals surface area (Å²) >= 11 is 0. The van der Waals surface area contributed by atoms with E-state index in [1.165, 1.54) is 11.1 Å². The Morgan fingerprint density at radius 3 is 2.57 bits per heavy atom. The van der Waals surface area contributed by atoms with E-state index in [0.717, 1.165) is 12.1 Å². The highest BCUT2D eigenvalue weighted by Crippen LogP contribution is 2.07. The Labute approximate surface area is 84.4 Å². The van der Waals surface area contributed by atoms with Gasteiger partial charge in [-0.15, -0.1) is 0 Å². The molecule has 0 fully saturated rings. The van der Waals surface area contributed by atoms with Gasteiger partial charge in [-0.25, -0.2) is 0 Å². The molecule has 1 heterocycles. The molecular weight excluding hydrogens is 170 g/mol. The van der Waals surface area contributed by atoms with Gasteiger partial charge in [0.1, 0.15) is 0 Å². The molecule has 0 saturated heterocycles. The first-order valence-corrected chi connectivity index (χ1v) is 4.80. The van der Waals surface area contributed by atoms with E-state index in [9.17, 15) is 0 Å². The number of aromatic nitrogens is 1. The van der Waals surface area contributed by atoms with Crippen LogP contribution in [0.5, 0.6) is 0 Å². The summed E-state index contributed by atoms with van der Waals surface area (Å²) < 4.78 is 0. The van der Waals surface area contributed by atoms with Gasteiger partial charge in [0, 0.05) is 18.3 Å². The highest BCUT2D eigenvalue weighted by atomic mass is 14.7. The molecule has 0 aliphatic heterocycles. The van der Waals surface area contributed by atoms with Crippen LogP contribution in [0, 0.1) is 6.92 Å². The molecule has 2 rings (SSSR count). The van der Waals surface area contributed by atoms with Crippen molar-refractivity contribution < 1.29 is 0 Å². The summed E-state index contributed by atoms with van der Waals surface area (Å²) in [5, 5.41) is 0. The largest absolute Gasteiger partial charge is 0.261 e. The number of aryl methyl sites for hydroxylation is 1. The normalized spacial score (nSPS) is 10.1. The molecule has 0 atom stereocenters. The molecule has 0 aliphatic rings. The molecule has 1 nitrogen and oxygen atoms in total. The van der Waals surface area contributed by atoms with Gasteiger partial charge in [-0.05, 0) is 30.2 Å². The first-order valence-electron chi connectivity index (χ1n) is 4.80. The molecule has 14 heavy (non-hydrogen) atoms. The maximum atomic E-state index is 4.33. The van der Waals surface area contributed by atoms with Gasteiger partial charge >= 0.3 is 0 Å². The molecule has 70 valence electrons. The molecule has 0 aliphatic carbocycles. The fourth-order valence-corrected chi connectivity index (χ4v) is 1.50. The van der Waals surface area contributed by atoms with E-state index in [1.807, 2.05) is 18.3 Å². The first-order chi connectivity index (χ1) is 6.84. The summed E-state index contributed by atoms with van der Waals surface area (Å²) in [6.07, 6.45) is 2.79. The maximum Gasteiger partial charge on any atom is 0.0450 e. The predicted octanol–water partition coefficient (Wildman–Crippen LogP) is 2.98. The highest BCUT2D eigenvalue weighted by Gasteiger charge is 1.96. The zero-order chi connectivity index (χ0) is 9.80. The summed E-state index contributed by atoms with van der Waals surface area (Å²) in [6.45, 7) is 2.09. The lowest BCUT2D eigenvalue weighted by molar-refractivity contribution is 1.06. The van der Waals surface area contributed by atoms with E-state index in [0.29, 0.717) is 0 Å². The zero-order valence-electron chi connectivity index (χ0n) is 8.27. The van der Waals surface area contributed by atoms with Gasteiger partial charge in [0.15, 0.2) is 0 Å². The van der Waals surface area contributed by atoms with Crippen LogP contribution in [0.3, 0.4) is 0 Å². The smallest absolute Gasteiger partial charge is 0.0450 e. The van der Waals surface area contributed by atoms with Crippen molar-refractivity contribution >= 4 is 0 Å². The number of pyridine rings is 1. The fraction of sp³-hybridized carbons (Fsp3) is 0.154. The topological polar surface area (TPSA) is 12.9 Å². The van der Waals surface area contributed by atoms with E-state index in [1.54, 1.807) is 0 Å². The molecule has 0 saturated carbocycles. The average Bonchev–Trinajstić information content (AvgIpc) is 2.19. The first kappa shape index (κ1) is 8.95. The van der Waals surface area contributed by atoms with Gasteiger partial charge in [-0.1, -0.05) is 30.3 Å². The zero-order valence-corrected chi connectivity index (χ0v) is 8.27. The second-order valence-electron chi connectivity index (χ2n) is 3.49. The van der Waals surface area contributed by atoms with Crippen LogP contribution in [0.1, 0.15) is 16.8 Å². The number of nitrogens with zero attached hydrogens (tertiary/aromatic N) is 1. The minimum Gasteiger partial charge on any atom is -0.261 e. The maximum absolute atomic E-state index is 4.33. The van der Waals surface area contributed by atoms with Crippen LogP contribution in [0.25, 0.3) is 0 Å².